The van der Waals surface area contributed by atoms with Crippen LogP contribution < -0.4 is 10.1 Å². The quantitative estimate of drug-likeness (QED) is 0.383. The molecule has 1 fully saturated rings. The number of nitrogens with one attached hydrogen (secondary N) is 1. The Morgan fingerprint density at radius 3 is 2.69 bits per heavy atom. The van der Waals surface area contributed by atoms with Gasteiger partial charge in [-0.15, -0.1) is 0 Å². The number of anilines is 1. The van der Waals surface area contributed by atoms with E-state index in [0.717, 1.165) is 18.5 Å². The van der Waals surface area contributed by atoms with Crippen LogP contribution >= 0.6 is 11.3 Å². The van der Waals surface area contributed by atoms with Crippen LogP contribution in [0.4, 0.5) is 13.9 Å². The van der Waals surface area contributed by atoms with Crippen molar-refractivity contribution in [3.63, 3.8) is 0 Å². The molecule has 0 unspecified atom stereocenters. The van der Waals surface area contributed by atoms with Gasteiger partial charge in [-0.05, 0) is 31.9 Å². The fourth-order valence-corrected chi connectivity index (χ4v) is 4.83. The highest BCUT2D eigenvalue weighted by molar-refractivity contribution is 7.21. The smallest absolute Gasteiger partial charge is 0.280 e. The third-order valence-corrected chi connectivity index (χ3v) is 6.86. The van der Waals surface area contributed by atoms with E-state index in [0.29, 0.717) is 27.3 Å². The van der Waals surface area contributed by atoms with E-state index in [1.807, 2.05) is 0 Å². The minimum atomic E-state index is -2.78. The molecule has 4 heterocycles. The van der Waals surface area contributed by atoms with Crippen LogP contribution in [0, 0.1) is 24.2 Å². The third kappa shape index (κ3) is 4.45. The van der Waals surface area contributed by atoms with Gasteiger partial charge in [-0.3, -0.25) is 20.1 Å². The number of thiazole rings is 1. The summed E-state index contributed by atoms with van der Waals surface area (Å²) in [6.45, 7) is 1.73. The summed E-state index contributed by atoms with van der Waals surface area (Å²) in [5.41, 5.74) is 2.19. The van der Waals surface area contributed by atoms with E-state index in [1.165, 1.54) is 36.9 Å². The number of nitrogens with zero attached hydrogens (tertiary/aromatic N) is 6. The van der Waals surface area contributed by atoms with Crippen molar-refractivity contribution in [3.05, 3.63) is 53.4 Å². The summed E-state index contributed by atoms with van der Waals surface area (Å²) in [5.74, 6) is -0.0297. The van der Waals surface area contributed by atoms with Crippen molar-refractivity contribution in [1.29, 1.82) is 5.26 Å². The Bertz CT molecular complexity index is 1510. The summed E-state index contributed by atoms with van der Waals surface area (Å²) in [4.78, 5) is 35.1. The summed E-state index contributed by atoms with van der Waals surface area (Å²) in [7, 11) is 1.40. The van der Waals surface area contributed by atoms with E-state index in [-0.39, 0.29) is 28.3 Å². The summed E-state index contributed by atoms with van der Waals surface area (Å²) >= 11 is 1.18. The SMILES string of the molecule is COc1cnc(C(F)F)cc1-c1cc(C)ncc1C(=O)Nc1nc2ncc(C3CC(C#N)C3)nc2s1. The zero-order valence-corrected chi connectivity index (χ0v) is 20.0. The maximum atomic E-state index is 13.3. The van der Waals surface area contributed by atoms with E-state index < -0.39 is 18.0 Å². The zero-order chi connectivity index (χ0) is 25.4. The predicted octanol–water partition coefficient (Wildman–Crippen LogP) is 5.07. The fraction of sp³-hybridized carbons (Fsp3) is 0.292. The second kappa shape index (κ2) is 9.50. The normalized spacial score (nSPS) is 17.0. The molecule has 182 valence electrons. The Kier molecular flexibility index (Phi) is 6.24. The number of methoxy groups -OCH3 is 1. The summed E-state index contributed by atoms with van der Waals surface area (Å²) in [5, 5.41) is 12.0. The molecule has 9 nitrogen and oxygen atoms in total. The number of aromatic nitrogens is 5. The van der Waals surface area contributed by atoms with E-state index in [1.54, 1.807) is 19.2 Å². The summed E-state index contributed by atoms with van der Waals surface area (Å²) in [6, 6.07) is 5.09. The third-order valence-electron chi connectivity index (χ3n) is 6.01. The van der Waals surface area contributed by atoms with E-state index in [9.17, 15) is 13.6 Å². The first kappa shape index (κ1) is 23.6. The van der Waals surface area contributed by atoms with Crippen molar-refractivity contribution in [1.82, 2.24) is 24.9 Å². The number of halogens is 2. The highest BCUT2D eigenvalue weighted by Gasteiger charge is 2.32. The van der Waals surface area contributed by atoms with Crippen LogP contribution in [0.1, 0.15) is 52.6 Å². The lowest BCUT2D eigenvalue weighted by Crippen LogP contribution is -2.21. The number of aryl methyl sites for hydroxylation is 1. The van der Waals surface area contributed by atoms with Crippen molar-refractivity contribution in [2.75, 3.05) is 12.4 Å². The average Bonchev–Trinajstić information content (AvgIpc) is 3.24. The number of alkyl halides is 2. The van der Waals surface area contributed by atoms with Gasteiger partial charge in [0.15, 0.2) is 15.6 Å². The van der Waals surface area contributed by atoms with Crippen molar-refractivity contribution in [2.24, 2.45) is 5.92 Å². The number of carbonyl (C=O) groups excluding carboxylic acids is 1. The van der Waals surface area contributed by atoms with Crippen LogP contribution in [0.25, 0.3) is 21.6 Å². The van der Waals surface area contributed by atoms with Crippen molar-refractivity contribution >= 4 is 32.9 Å². The number of fused-ring (bicyclic) bond motifs is 1. The van der Waals surface area contributed by atoms with Crippen LogP contribution in [0.3, 0.4) is 0 Å². The van der Waals surface area contributed by atoms with Crippen LogP contribution in [-0.2, 0) is 0 Å². The molecule has 0 aliphatic heterocycles. The molecule has 0 saturated heterocycles. The van der Waals surface area contributed by atoms with Crippen molar-refractivity contribution in [2.45, 2.75) is 32.1 Å². The minimum absolute atomic E-state index is 0.0527. The van der Waals surface area contributed by atoms with Gasteiger partial charge in [0.25, 0.3) is 12.3 Å². The fourth-order valence-electron chi connectivity index (χ4n) is 4.03. The van der Waals surface area contributed by atoms with Gasteiger partial charge in [-0.2, -0.15) is 10.2 Å². The highest BCUT2D eigenvalue weighted by Crippen LogP contribution is 2.41. The number of amides is 1. The molecule has 4 aromatic rings. The minimum Gasteiger partial charge on any atom is -0.494 e. The van der Waals surface area contributed by atoms with Gasteiger partial charge in [0.2, 0.25) is 0 Å². The van der Waals surface area contributed by atoms with E-state index in [2.05, 4.69) is 36.3 Å². The van der Waals surface area contributed by atoms with Gasteiger partial charge in [0.1, 0.15) is 11.4 Å². The number of pyridine rings is 2. The molecule has 1 aliphatic rings. The van der Waals surface area contributed by atoms with Gasteiger partial charge in [0.05, 0.1) is 36.8 Å². The van der Waals surface area contributed by atoms with Gasteiger partial charge in [0, 0.05) is 34.9 Å². The molecule has 1 amide bonds. The molecule has 1 aliphatic carbocycles. The monoisotopic (exact) mass is 507 g/mol. The lowest BCUT2D eigenvalue weighted by atomic mass is 9.74. The Morgan fingerprint density at radius 1 is 1.17 bits per heavy atom. The molecule has 0 atom stereocenters. The van der Waals surface area contributed by atoms with Crippen LogP contribution in [0.15, 0.2) is 30.7 Å². The first-order chi connectivity index (χ1) is 17.4. The van der Waals surface area contributed by atoms with Crippen molar-refractivity contribution in [3.8, 4) is 22.9 Å². The molecule has 4 aromatic heterocycles. The van der Waals surface area contributed by atoms with Crippen molar-refractivity contribution < 1.29 is 18.3 Å². The van der Waals surface area contributed by atoms with Gasteiger partial charge < -0.3 is 4.74 Å². The first-order valence-electron chi connectivity index (χ1n) is 11.0. The maximum Gasteiger partial charge on any atom is 0.280 e. The number of hydrogen-bond donors (Lipinski definition) is 1. The Labute approximate surface area is 208 Å². The second-order valence-electron chi connectivity index (χ2n) is 8.37. The average molecular weight is 508 g/mol. The number of nitriles is 1. The summed E-state index contributed by atoms with van der Waals surface area (Å²) in [6.07, 6.45) is 2.98. The standard InChI is InChI=1S/C24H19F2N7O2S/c1-11-3-14(15-6-17(20(25)26)29-10-19(15)35-2)16(8-28-11)22(34)33-24-32-21-23(36-24)31-18(9-30-21)13-4-12(5-13)7-27/h3,6,8-10,12-13,20H,4-5H2,1-2H3,(H,30,32,33,34). The van der Waals surface area contributed by atoms with Crippen LogP contribution in [0.5, 0.6) is 5.75 Å². The first-order valence-corrected chi connectivity index (χ1v) is 11.8. The molecular formula is C24H19F2N7O2S. The molecule has 5 rings (SSSR count). The molecule has 1 N–H and O–H groups in total. The number of hydrogen-bond acceptors (Lipinski definition) is 9. The van der Waals surface area contributed by atoms with Gasteiger partial charge in [-0.25, -0.2) is 18.7 Å². The van der Waals surface area contributed by atoms with Crippen LogP contribution in [-0.4, -0.2) is 37.9 Å². The van der Waals surface area contributed by atoms with Gasteiger partial charge in [-0.1, -0.05) is 11.3 Å². The lowest BCUT2D eigenvalue weighted by molar-refractivity contribution is 0.102. The molecule has 36 heavy (non-hydrogen) atoms. The molecular weight excluding hydrogens is 488 g/mol. The second-order valence-corrected chi connectivity index (χ2v) is 9.35. The molecule has 0 aromatic carbocycles. The maximum absolute atomic E-state index is 13.3. The summed E-state index contributed by atoms with van der Waals surface area (Å²) < 4.78 is 32.0. The number of rotatable bonds is 6. The number of carbonyl (C=O) groups is 1. The van der Waals surface area contributed by atoms with Crippen LogP contribution in [0.2, 0.25) is 0 Å². The number of ether oxygens (including phenoxy) is 1. The molecule has 12 heteroatoms. The lowest BCUT2D eigenvalue weighted by Gasteiger charge is -2.29. The molecule has 0 bridgehead atoms. The Balaban J connectivity index is 1.45. The molecule has 0 spiro atoms. The van der Waals surface area contributed by atoms with Gasteiger partial charge >= 0.3 is 0 Å². The van der Waals surface area contributed by atoms with E-state index >= 15 is 0 Å². The Hall–Kier alpha value is -4.11. The zero-order valence-electron chi connectivity index (χ0n) is 19.2. The topological polar surface area (TPSA) is 127 Å². The molecule has 1 saturated carbocycles. The highest BCUT2D eigenvalue weighted by atomic mass is 32.1. The largest absolute Gasteiger partial charge is 0.494 e. The molecule has 0 radical (unpaired) electrons. The van der Waals surface area contributed by atoms with E-state index in [4.69, 9.17) is 10.00 Å². The predicted molar refractivity (Wildman–Crippen MR) is 128 cm³/mol. The Morgan fingerprint density at radius 2 is 1.97 bits per heavy atom.